The Bertz CT molecular complexity index is 562. The highest BCUT2D eigenvalue weighted by atomic mass is 79.9. The van der Waals surface area contributed by atoms with Gasteiger partial charge in [-0.15, -0.1) is 0 Å². The number of nitrogens with one attached hydrogen (secondary N) is 1. The molecule has 0 atom stereocenters. The van der Waals surface area contributed by atoms with Gasteiger partial charge in [0.15, 0.2) is 9.84 Å². The van der Waals surface area contributed by atoms with E-state index < -0.39 is 9.84 Å². The van der Waals surface area contributed by atoms with E-state index in [1.165, 1.54) is 0 Å². The maximum absolute atomic E-state index is 11.6. The van der Waals surface area contributed by atoms with E-state index in [0.29, 0.717) is 17.8 Å². The van der Waals surface area contributed by atoms with Crippen LogP contribution in [0.4, 0.5) is 5.69 Å². The highest BCUT2D eigenvalue weighted by Gasteiger charge is 2.15. The molecule has 0 aliphatic rings. The van der Waals surface area contributed by atoms with Crippen LogP contribution in [0, 0.1) is 11.3 Å². The number of nitriles is 1. The van der Waals surface area contributed by atoms with Crippen LogP contribution in [0.5, 0.6) is 0 Å². The van der Waals surface area contributed by atoms with Crippen LogP contribution < -0.4 is 5.32 Å². The second-order valence-electron chi connectivity index (χ2n) is 4.14. The van der Waals surface area contributed by atoms with Crippen LogP contribution in [0.2, 0.25) is 0 Å². The molecule has 0 unspecified atom stereocenters. The Labute approximate surface area is 116 Å². The van der Waals surface area contributed by atoms with Gasteiger partial charge >= 0.3 is 0 Å². The van der Waals surface area contributed by atoms with E-state index >= 15 is 0 Å². The van der Waals surface area contributed by atoms with Crippen LogP contribution in [0.1, 0.15) is 19.4 Å². The third-order valence-corrected chi connectivity index (χ3v) is 5.23. The van der Waals surface area contributed by atoms with Crippen molar-refractivity contribution in [1.29, 1.82) is 5.26 Å². The monoisotopic (exact) mass is 330 g/mol. The Morgan fingerprint density at radius 2 is 2.11 bits per heavy atom. The second-order valence-corrected chi connectivity index (χ2v) is 7.74. The molecule has 1 aromatic carbocycles. The van der Waals surface area contributed by atoms with E-state index in [9.17, 15) is 8.42 Å². The average Bonchev–Trinajstić information content (AvgIpc) is 2.29. The van der Waals surface area contributed by atoms with Crippen LogP contribution in [0.15, 0.2) is 22.7 Å². The highest BCUT2D eigenvalue weighted by molar-refractivity contribution is 9.10. The number of sulfone groups is 1. The average molecular weight is 331 g/mol. The molecule has 0 amide bonds. The minimum atomic E-state index is -3.06. The second kappa shape index (κ2) is 6.21. The number of benzene rings is 1. The molecule has 0 aliphatic carbocycles. The summed E-state index contributed by atoms with van der Waals surface area (Å²) in [7, 11) is -3.06. The number of rotatable bonds is 5. The summed E-state index contributed by atoms with van der Waals surface area (Å²) in [4.78, 5) is 0. The fourth-order valence-electron chi connectivity index (χ4n) is 1.32. The first kappa shape index (κ1) is 15.0. The van der Waals surface area contributed by atoms with Crippen LogP contribution in [-0.4, -0.2) is 26.0 Å². The van der Waals surface area contributed by atoms with Crippen LogP contribution in [0.3, 0.4) is 0 Å². The molecule has 0 saturated heterocycles. The van der Waals surface area contributed by atoms with E-state index in [4.69, 9.17) is 5.26 Å². The van der Waals surface area contributed by atoms with Crippen LogP contribution in [0.25, 0.3) is 0 Å². The van der Waals surface area contributed by atoms with Crippen molar-refractivity contribution in [1.82, 2.24) is 0 Å². The summed E-state index contributed by atoms with van der Waals surface area (Å²) in [5.41, 5.74) is 1.14. The van der Waals surface area contributed by atoms with Crippen molar-refractivity contribution in [3.05, 3.63) is 28.2 Å². The summed E-state index contributed by atoms with van der Waals surface area (Å²) in [6.07, 6.45) is 0. The van der Waals surface area contributed by atoms with Gasteiger partial charge in [-0.1, -0.05) is 15.9 Å². The molecule has 0 bridgehead atoms. The van der Waals surface area contributed by atoms with Crippen molar-refractivity contribution in [2.45, 2.75) is 19.1 Å². The van der Waals surface area contributed by atoms with Gasteiger partial charge in [-0.25, -0.2) is 8.42 Å². The van der Waals surface area contributed by atoms with Crippen molar-refractivity contribution in [3.8, 4) is 6.07 Å². The Hall–Kier alpha value is -1.06. The zero-order chi connectivity index (χ0) is 13.8. The van der Waals surface area contributed by atoms with Gasteiger partial charge in [-0.3, -0.25) is 0 Å². The smallest absolute Gasteiger partial charge is 0.154 e. The van der Waals surface area contributed by atoms with Crippen molar-refractivity contribution in [2.75, 3.05) is 17.6 Å². The molecule has 0 fully saturated rings. The zero-order valence-corrected chi connectivity index (χ0v) is 12.7. The Morgan fingerprint density at radius 1 is 1.44 bits per heavy atom. The molecule has 0 radical (unpaired) electrons. The molecule has 1 aromatic rings. The predicted octanol–water partition coefficient (Wildman–Crippen LogP) is 2.56. The number of hydrogen-bond acceptors (Lipinski definition) is 4. The van der Waals surface area contributed by atoms with Gasteiger partial charge in [0.1, 0.15) is 6.07 Å². The molecule has 0 aliphatic heterocycles. The lowest BCUT2D eigenvalue weighted by Gasteiger charge is -2.11. The SMILES string of the molecule is CC(C)S(=O)(=O)CCNc1cc(Br)ccc1C#N. The van der Waals surface area contributed by atoms with Gasteiger partial charge in [0.2, 0.25) is 0 Å². The largest absolute Gasteiger partial charge is 0.383 e. The van der Waals surface area contributed by atoms with E-state index in [-0.39, 0.29) is 11.0 Å². The Morgan fingerprint density at radius 3 is 2.67 bits per heavy atom. The minimum Gasteiger partial charge on any atom is -0.383 e. The maximum Gasteiger partial charge on any atom is 0.154 e. The molecule has 4 nitrogen and oxygen atoms in total. The molecular weight excluding hydrogens is 316 g/mol. The molecule has 1 N–H and O–H groups in total. The Kier molecular flexibility index (Phi) is 5.17. The van der Waals surface area contributed by atoms with Crippen molar-refractivity contribution in [2.24, 2.45) is 0 Å². The van der Waals surface area contributed by atoms with E-state index in [0.717, 1.165) is 4.47 Å². The van der Waals surface area contributed by atoms with Crippen LogP contribution in [-0.2, 0) is 9.84 Å². The highest BCUT2D eigenvalue weighted by Crippen LogP contribution is 2.20. The maximum atomic E-state index is 11.6. The van der Waals surface area contributed by atoms with E-state index in [1.54, 1.807) is 32.0 Å². The zero-order valence-electron chi connectivity index (χ0n) is 10.3. The number of halogens is 1. The van der Waals surface area contributed by atoms with Gasteiger partial charge in [0.05, 0.1) is 22.3 Å². The number of anilines is 1. The summed E-state index contributed by atoms with van der Waals surface area (Å²) in [6.45, 7) is 3.62. The fraction of sp³-hybridized carbons (Fsp3) is 0.417. The molecule has 0 heterocycles. The van der Waals surface area contributed by atoms with Crippen molar-refractivity contribution >= 4 is 31.5 Å². The third kappa shape index (κ3) is 4.00. The summed E-state index contributed by atoms with van der Waals surface area (Å²) in [6, 6.07) is 7.28. The summed E-state index contributed by atoms with van der Waals surface area (Å²) < 4.78 is 24.1. The van der Waals surface area contributed by atoms with Gasteiger partial charge < -0.3 is 5.32 Å². The summed E-state index contributed by atoms with van der Waals surface area (Å²) in [5, 5.41) is 11.5. The van der Waals surface area contributed by atoms with Gasteiger partial charge in [-0.2, -0.15) is 5.26 Å². The first-order chi connectivity index (χ1) is 8.36. The van der Waals surface area contributed by atoms with Gasteiger partial charge in [0, 0.05) is 11.0 Å². The molecule has 0 aromatic heterocycles. The van der Waals surface area contributed by atoms with E-state index in [2.05, 4.69) is 27.3 Å². The molecule has 0 saturated carbocycles. The third-order valence-electron chi connectivity index (χ3n) is 2.52. The molecule has 18 heavy (non-hydrogen) atoms. The number of hydrogen-bond donors (Lipinski definition) is 1. The standard InChI is InChI=1S/C12H15BrN2O2S/c1-9(2)18(16,17)6-5-15-12-7-11(13)4-3-10(12)8-14/h3-4,7,9,15H,5-6H2,1-2H3. The van der Waals surface area contributed by atoms with E-state index in [1.807, 2.05) is 0 Å². The lowest BCUT2D eigenvalue weighted by Crippen LogP contribution is -2.23. The topological polar surface area (TPSA) is 70.0 Å². The quantitative estimate of drug-likeness (QED) is 0.900. The first-order valence-electron chi connectivity index (χ1n) is 5.52. The number of nitrogens with zero attached hydrogens (tertiary/aromatic N) is 1. The normalized spacial score (nSPS) is 11.3. The van der Waals surface area contributed by atoms with Crippen molar-refractivity contribution in [3.63, 3.8) is 0 Å². The molecular formula is C12H15BrN2O2S. The minimum absolute atomic E-state index is 0.0576. The lowest BCUT2D eigenvalue weighted by molar-refractivity contribution is 0.588. The van der Waals surface area contributed by atoms with Crippen LogP contribution >= 0.6 is 15.9 Å². The molecule has 0 spiro atoms. The van der Waals surface area contributed by atoms with Gasteiger partial charge in [-0.05, 0) is 32.0 Å². The summed E-state index contributed by atoms with van der Waals surface area (Å²) in [5.74, 6) is 0.0576. The fourth-order valence-corrected chi connectivity index (χ4v) is 2.54. The predicted molar refractivity (Wildman–Crippen MR) is 76.3 cm³/mol. The van der Waals surface area contributed by atoms with Crippen molar-refractivity contribution < 1.29 is 8.42 Å². The first-order valence-corrected chi connectivity index (χ1v) is 8.03. The Balaban J connectivity index is 2.71. The molecule has 1 rings (SSSR count). The summed E-state index contributed by atoms with van der Waals surface area (Å²) >= 11 is 3.31. The van der Waals surface area contributed by atoms with Gasteiger partial charge in [0.25, 0.3) is 0 Å². The molecule has 6 heteroatoms. The molecule has 98 valence electrons. The lowest BCUT2D eigenvalue weighted by atomic mass is 10.2.